The average Bonchev–Trinajstić information content (AvgIpc) is 1.88. The zero-order chi connectivity index (χ0) is 7.56. The number of carboxylic acids is 1. The fourth-order valence-electron chi connectivity index (χ4n) is 0.772. The Labute approximate surface area is 75.7 Å². The van der Waals surface area contributed by atoms with E-state index in [1.165, 1.54) is 6.07 Å². The van der Waals surface area contributed by atoms with Crippen molar-refractivity contribution >= 4 is 5.97 Å². The van der Waals surface area contributed by atoms with Gasteiger partial charge in [0.2, 0.25) is 0 Å². The van der Waals surface area contributed by atoms with E-state index < -0.39 is 5.97 Å². The predicted octanol–water partition coefficient (Wildman–Crippen LogP) is 0.356. The minimum Gasteiger partial charge on any atom is -0.545 e. The van der Waals surface area contributed by atoms with Crippen LogP contribution in [-0.4, -0.2) is 5.97 Å². The Kier molecular flexibility index (Phi) is 3.86. The standard InChI is InChI=1S/C8H8O2.Cu/c1-6-3-2-4-7(5-6)8(9)10;/h2-5H,1H3,(H,9,10);/q;+1/p-1. The molecule has 0 aliphatic heterocycles. The predicted molar refractivity (Wildman–Crippen MR) is 35.5 cm³/mol. The molecular formula is C8H7CuO2. The Hall–Kier alpha value is -0.791. The third-order valence-corrected chi connectivity index (χ3v) is 1.25. The van der Waals surface area contributed by atoms with Crippen LogP contribution in [0.3, 0.4) is 0 Å². The number of hydrogen-bond acceptors (Lipinski definition) is 2. The van der Waals surface area contributed by atoms with Crippen LogP contribution in [0.25, 0.3) is 0 Å². The number of carbonyl (C=O) groups excluding carboxylic acids is 1. The first-order valence-electron chi connectivity index (χ1n) is 2.98. The number of carbonyl (C=O) groups is 1. The summed E-state index contributed by atoms with van der Waals surface area (Å²) < 4.78 is 0. The van der Waals surface area contributed by atoms with Gasteiger partial charge in [-0.25, -0.2) is 0 Å². The van der Waals surface area contributed by atoms with E-state index in [1.54, 1.807) is 12.1 Å². The quantitative estimate of drug-likeness (QED) is 0.612. The van der Waals surface area contributed by atoms with Crippen molar-refractivity contribution in [1.82, 2.24) is 0 Å². The molecular weight excluding hydrogens is 192 g/mol. The van der Waals surface area contributed by atoms with Crippen LogP contribution < -0.4 is 5.11 Å². The molecule has 1 aromatic carbocycles. The van der Waals surface area contributed by atoms with Gasteiger partial charge in [-0.2, -0.15) is 0 Å². The first-order chi connectivity index (χ1) is 4.70. The number of hydrogen-bond donors (Lipinski definition) is 0. The summed E-state index contributed by atoms with van der Waals surface area (Å²) in [6.45, 7) is 1.84. The van der Waals surface area contributed by atoms with Gasteiger partial charge in [0.25, 0.3) is 0 Å². The molecule has 0 amide bonds. The molecule has 0 bridgehead atoms. The average molecular weight is 199 g/mol. The van der Waals surface area contributed by atoms with Crippen LogP contribution in [0.1, 0.15) is 15.9 Å². The van der Waals surface area contributed by atoms with Crippen molar-refractivity contribution in [2.45, 2.75) is 6.92 Å². The number of aromatic carboxylic acids is 1. The Balaban J connectivity index is 0.000001000. The van der Waals surface area contributed by atoms with Gasteiger partial charge < -0.3 is 9.90 Å². The molecule has 0 N–H and O–H groups in total. The molecule has 3 heteroatoms. The number of carboxylic acid groups (broad SMARTS) is 1. The molecule has 0 heterocycles. The van der Waals surface area contributed by atoms with Crippen LogP contribution >= 0.6 is 0 Å². The topological polar surface area (TPSA) is 40.1 Å². The van der Waals surface area contributed by atoms with E-state index in [4.69, 9.17) is 0 Å². The van der Waals surface area contributed by atoms with Crippen molar-refractivity contribution < 1.29 is 27.0 Å². The fourth-order valence-corrected chi connectivity index (χ4v) is 0.772. The Morgan fingerprint density at radius 3 is 2.45 bits per heavy atom. The number of aryl methyl sites for hydroxylation is 1. The third kappa shape index (κ3) is 2.74. The molecule has 0 aliphatic rings. The maximum atomic E-state index is 10.2. The van der Waals surface area contributed by atoms with Crippen molar-refractivity contribution in [3.8, 4) is 0 Å². The van der Waals surface area contributed by atoms with Gasteiger partial charge in [-0.05, 0) is 12.5 Å². The second-order valence-electron chi connectivity index (χ2n) is 2.16. The molecule has 0 unspecified atom stereocenters. The zero-order valence-corrected chi connectivity index (χ0v) is 6.87. The minimum atomic E-state index is -1.12. The van der Waals surface area contributed by atoms with Crippen molar-refractivity contribution in [3.05, 3.63) is 35.4 Å². The van der Waals surface area contributed by atoms with E-state index in [1.807, 2.05) is 13.0 Å². The molecule has 0 aliphatic carbocycles. The van der Waals surface area contributed by atoms with Gasteiger partial charge in [0.15, 0.2) is 0 Å². The van der Waals surface area contributed by atoms with Crippen molar-refractivity contribution in [2.24, 2.45) is 0 Å². The molecule has 62 valence electrons. The Bertz CT molecular complexity index is 258. The monoisotopic (exact) mass is 198 g/mol. The summed E-state index contributed by atoms with van der Waals surface area (Å²) in [5, 5.41) is 10.2. The summed E-state index contributed by atoms with van der Waals surface area (Å²) in [5.74, 6) is -1.12. The summed E-state index contributed by atoms with van der Waals surface area (Å²) in [5.41, 5.74) is 1.17. The summed E-state index contributed by atoms with van der Waals surface area (Å²) in [4.78, 5) is 10.2. The van der Waals surface area contributed by atoms with E-state index in [2.05, 4.69) is 0 Å². The van der Waals surface area contributed by atoms with Crippen molar-refractivity contribution in [2.75, 3.05) is 0 Å². The van der Waals surface area contributed by atoms with Gasteiger partial charge in [-0.3, -0.25) is 0 Å². The second kappa shape index (κ2) is 4.16. The van der Waals surface area contributed by atoms with Gasteiger partial charge in [0.05, 0.1) is 5.97 Å². The largest absolute Gasteiger partial charge is 1.00 e. The summed E-state index contributed by atoms with van der Waals surface area (Å²) >= 11 is 0. The maximum absolute atomic E-state index is 10.2. The van der Waals surface area contributed by atoms with Crippen LogP contribution in [0.5, 0.6) is 0 Å². The molecule has 0 spiro atoms. The zero-order valence-electron chi connectivity index (χ0n) is 5.93. The van der Waals surface area contributed by atoms with Crippen molar-refractivity contribution in [1.29, 1.82) is 0 Å². The van der Waals surface area contributed by atoms with E-state index in [0.717, 1.165) is 5.56 Å². The summed E-state index contributed by atoms with van der Waals surface area (Å²) in [7, 11) is 0. The van der Waals surface area contributed by atoms with Crippen molar-refractivity contribution in [3.63, 3.8) is 0 Å². The molecule has 0 fully saturated rings. The SMILES string of the molecule is Cc1cccc(C(=O)[O-])c1.[Cu+]. The van der Waals surface area contributed by atoms with Crippen LogP contribution in [0.4, 0.5) is 0 Å². The smallest absolute Gasteiger partial charge is 0.545 e. The van der Waals surface area contributed by atoms with Gasteiger partial charge in [-0.1, -0.05) is 29.8 Å². The third-order valence-electron chi connectivity index (χ3n) is 1.25. The molecule has 0 saturated heterocycles. The number of rotatable bonds is 1. The Morgan fingerprint density at radius 2 is 2.09 bits per heavy atom. The molecule has 0 aromatic heterocycles. The first kappa shape index (κ1) is 10.2. The van der Waals surface area contributed by atoms with Gasteiger partial charge in [0, 0.05) is 0 Å². The van der Waals surface area contributed by atoms with Gasteiger partial charge in [-0.15, -0.1) is 0 Å². The fraction of sp³-hybridized carbons (Fsp3) is 0.125. The van der Waals surface area contributed by atoms with E-state index in [0.29, 0.717) is 0 Å². The van der Waals surface area contributed by atoms with Crippen LogP contribution in [0.15, 0.2) is 24.3 Å². The van der Waals surface area contributed by atoms with Gasteiger partial charge in [0.1, 0.15) is 0 Å². The first-order valence-corrected chi connectivity index (χ1v) is 2.98. The molecule has 1 rings (SSSR count). The molecule has 2 nitrogen and oxygen atoms in total. The van der Waals surface area contributed by atoms with Crippen LogP contribution in [-0.2, 0) is 17.1 Å². The number of benzene rings is 1. The summed E-state index contributed by atoms with van der Waals surface area (Å²) in [6, 6.07) is 6.63. The molecule has 0 radical (unpaired) electrons. The molecule has 1 aromatic rings. The maximum Gasteiger partial charge on any atom is 1.00 e. The normalized spacial score (nSPS) is 8.45. The molecule has 0 atom stereocenters. The Morgan fingerprint density at radius 1 is 1.45 bits per heavy atom. The van der Waals surface area contributed by atoms with E-state index >= 15 is 0 Å². The summed E-state index contributed by atoms with van der Waals surface area (Å²) in [6.07, 6.45) is 0. The van der Waals surface area contributed by atoms with Gasteiger partial charge >= 0.3 is 17.1 Å². The van der Waals surface area contributed by atoms with E-state index in [9.17, 15) is 9.90 Å². The molecule has 11 heavy (non-hydrogen) atoms. The molecule has 0 saturated carbocycles. The second-order valence-corrected chi connectivity index (χ2v) is 2.16. The minimum absolute atomic E-state index is 0. The van der Waals surface area contributed by atoms with Crippen LogP contribution in [0, 0.1) is 6.92 Å². The van der Waals surface area contributed by atoms with E-state index in [-0.39, 0.29) is 22.6 Å². The van der Waals surface area contributed by atoms with Crippen LogP contribution in [0.2, 0.25) is 0 Å².